The number of ketones is 2. The van der Waals surface area contributed by atoms with Gasteiger partial charge in [0.25, 0.3) is 0 Å². The van der Waals surface area contributed by atoms with Crippen molar-refractivity contribution in [2.45, 2.75) is 0 Å². The second-order valence-electron chi connectivity index (χ2n) is 4.96. The molecular formula is C20H14O2. The molecule has 106 valence electrons. The molecule has 0 spiro atoms. The molecule has 3 aromatic rings. The minimum absolute atomic E-state index is 0.445. The average molecular weight is 286 g/mol. The van der Waals surface area contributed by atoms with Gasteiger partial charge in [0.05, 0.1) is 0 Å². The fourth-order valence-corrected chi connectivity index (χ4v) is 2.37. The summed E-state index contributed by atoms with van der Waals surface area (Å²) in [5.74, 6) is -0.996. The summed E-state index contributed by atoms with van der Waals surface area (Å²) in [5, 5.41) is 1.75. The van der Waals surface area contributed by atoms with Gasteiger partial charge in [-0.25, -0.2) is 0 Å². The van der Waals surface area contributed by atoms with Crippen molar-refractivity contribution in [2.24, 2.45) is 0 Å². The molecule has 0 amide bonds. The van der Waals surface area contributed by atoms with E-state index in [0.29, 0.717) is 5.56 Å². The summed E-state index contributed by atoms with van der Waals surface area (Å²) in [6.07, 6.45) is 2.99. The highest BCUT2D eigenvalue weighted by atomic mass is 16.2. The second kappa shape index (κ2) is 6.19. The van der Waals surface area contributed by atoms with Crippen molar-refractivity contribution >= 4 is 28.4 Å². The predicted molar refractivity (Wildman–Crippen MR) is 88.8 cm³/mol. The lowest BCUT2D eigenvalue weighted by Gasteiger charge is -2.03. The summed E-state index contributed by atoms with van der Waals surface area (Å²) < 4.78 is 0. The zero-order valence-electron chi connectivity index (χ0n) is 11.9. The predicted octanol–water partition coefficient (Wildman–Crippen LogP) is 4.31. The molecule has 0 aliphatic carbocycles. The third kappa shape index (κ3) is 2.86. The van der Waals surface area contributed by atoms with Crippen molar-refractivity contribution in [3.63, 3.8) is 0 Å². The number of hydrogen-bond donors (Lipinski definition) is 0. The van der Waals surface area contributed by atoms with E-state index in [1.54, 1.807) is 18.2 Å². The molecule has 3 aromatic carbocycles. The standard InChI is InChI=1S/C20H14O2/c21-19(14-13-15-7-2-1-3-8-15)20(22)18-12-6-10-16-9-4-5-11-17(16)18/h1-14H/b14-13+. The minimum atomic E-state index is -0.514. The van der Waals surface area contributed by atoms with Crippen LogP contribution in [0.4, 0.5) is 0 Å². The summed E-state index contributed by atoms with van der Waals surface area (Å²) in [7, 11) is 0. The summed E-state index contributed by atoms with van der Waals surface area (Å²) in [6, 6.07) is 22.4. The normalized spacial score (nSPS) is 10.9. The van der Waals surface area contributed by atoms with Crippen LogP contribution in [0.3, 0.4) is 0 Å². The highest BCUT2D eigenvalue weighted by Crippen LogP contribution is 2.19. The molecule has 0 aliphatic rings. The molecule has 0 fully saturated rings. The van der Waals surface area contributed by atoms with Crippen molar-refractivity contribution in [2.75, 3.05) is 0 Å². The monoisotopic (exact) mass is 286 g/mol. The molecule has 0 saturated heterocycles. The first-order valence-electron chi connectivity index (χ1n) is 7.05. The van der Waals surface area contributed by atoms with Crippen LogP contribution >= 0.6 is 0 Å². The van der Waals surface area contributed by atoms with Gasteiger partial charge in [-0.15, -0.1) is 0 Å². The minimum Gasteiger partial charge on any atom is -0.286 e. The molecule has 0 bridgehead atoms. The molecule has 0 radical (unpaired) electrons. The molecule has 0 heterocycles. The molecule has 0 N–H and O–H groups in total. The number of Topliss-reactive ketones (excluding diaryl/α,β-unsaturated/α-hetero) is 1. The third-order valence-electron chi connectivity index (χ3n) is 3.48. The van der Waals surface area contributed by atoms with Crippen molar-refractivity contribution < 1.29 is 9.59 Å². The molecule has 0 aromatic heterocycles. The van der Waals surface area contributed by atoms with Crippen LogP contribution in [-0.4, -0.2) is 11.6 Å². The van der Waals surface area contributed by atoms with Crippen LogP contribution in [0.5, 0.6) is 0 Å². The maximum absolute atomic E-state index is 12.4. The highest BCUT2D eigenvalue weighted by Gasteiger charge is 2.15. The van der Waals surface area contributed by atoms with E-state index in [0.717, 1.165) is 16.3 Å². The van der Waals surface area contributed by atoms with E-state index >= 15 is 0 Å². The van der Waals surface area contributed by atoms with Gasteiger partial charge in [0, 0.05) is 5.56 Å². The highest BCUT2D eigenvalue weighted by molar-refractivity contribution is 6.49. The van der Waals surface area contributed by atoms with Crippen molar-refractivity contribution in [1.82, 2.24) is 0 Å². The van der Waals surface area contributed by atoms with Gasteiger partial charge in [-0.1, -0.05) is 78.9 Å². The Morgan fingerprint density at radius 2 is 1.41 bits per heavy atom. The van der Waals surface area contributed by atoms with E-state index in [4.69, 9.17) is 0 Å². The first-order valence-corrected chi connectivity index (χ1v) is 7.05. The Labute approximate surface area is 128 Å². The van der Waals surface area contributed by atoms with Gasteiger partial charge in [0.15, 0.2) is 0 Å². The van der Waals surface area contributed by atoms with Gasteiger partial charge in [0.1, 0.15) is 0 Å². The molecule has 0 unspecified atom stereocenters. The van der Waals surface area contributed by atoms with Gasteiger partial charge in [-0.3, -0.25) is 9.59 Å². The van der Waals surface area contributed by atoms with Gasteiger partial charge in [-0.2, -0.15) is 0 Å². The van der Waals surface area contributed by atoms with Gasteiger partial charge < -0.3 is 0 Å². The Kier molecular flexibility index (Phi) is 3.92. The largest absolute Gasteiger partial charge is 0.286 e. The third-order valence-corrected chi connectivity index (χ3v) is 3.48. The Bertz CT molecular complexity index is 856. The molecule has 0 atom stereocenters. The lowest BCUT2D eigenvalue weighted by molar-refractivity contribution is -0.110. The number of rotatable bonds is 4. The van der Waals surface area contributed by atoms with Gasteiger partial charge in [-0.05, 0) is 22.4 Å². The Balaban J connectivity index is 1.90. The lowest BCUT2D eigenvalue weighted by Crippen LogP contribution is -2.11. The molecule has 2 heteroatoms. The fourth-order valence-electron chi connectivity index (χ4n) is 2.37. The van der Waals surface area contributed by atoms with E-state index in [-0.39, 0.29) is 0 Å². The van der Waals surface area contributed by atoms with Gasteiger partial charge >= 0.3 is 0 Å². The van der Waals surface area contributed by atoms with E-state index in [1.807, 2.05) is 60.7 Å². The quantitative estimate of drug-likeness (QED) is 0.407. The molecule has 0 saturated carbocycles. The second-order valence-corrected chi connectivity index (χ2v) is 4.96. The van der Waals surface area contributed by atoms with Crippen molar-refractivity contribution in [1.29, 1.82) is 0 Å². The number of benzene rings is 3. The fraction of sp³-hybridized carbons (Fsp3) is 0. The van der Waals surface area contributed by atoms with Crippen LogP contribution in [0.15, 0.2) is 78.9 Å². The lowest BCUT2D eigenvalue weighted by atomic mass is 9.99. The van der Waals surface area contributed by atoms with Crippen LogP contribution in [0, 0.1) is 0 Å². The van der Waals surface area contributed by atoms with Crippen molar-refractivity contribution in [3.05, 3.63) is 90.0 Å². The molecule has 2 nitrogen and oxygen atoms in total. The van der Waals surface area contributed by atoms with Crippen LogP contribution in [0.1, 0.15) is 15.9 Å². The molecule has 22 heavy (non-hydrogen) atoms. The smallest absolute Gasteiger partial charge is 0.233 e. The van der Waals surface area contributed by atoms with Crippen molar-refractivity contribution in [3.8, 4) is 0 Å². The first kappa shape index (κ1) is 14.0. The summed E-state index contributed by atoms with van der Waals surface area (Å²) in [4.78, 5) is 24.5. The molecular weight excluding hydrogens is 272 g/mol. The van der Waals surface area contributed by atoms with Crippen LogP contribution in [0.25, 0.3) is 16.8 Å². The number of hydrogen-bond acceptors (Lipinski definition) is 2. The number of carbonyl (C=O) groups excluding carboxylic acids is 2. The van der Waals surface area contributed by atoms with E-state index < -0.39 is 11.6 Å². The van der Waals surface area contributed by atoms with Crippen LogP contribution < -0.4 is 0 Å². The van der Waals surface area contributed by atoms with E-state index in [1.165, 1.54) is 6.08 Å². The van der Waals surface area contributed by atoms with Crippen LogP contribution in [-0.2, 0) is 4.79 Å². The van der Waals surface area contributed by atoms with E-state index in [9.17, 15) is 9.59 Å². The average Bonchev–Trinajstić information content (AvgIpc) is 2.59. The topological polar surface area (TPSA) is 34.1 Å². The number of carbonyl (C=O) groups is 2. The zero-order valence-corrected chi connectivity index (χ0v) is 11.9. The molecule has 0 aliphatic heterocycles. The Morgan fingerprint density at radius 1 is 0.727 bits per heavy atom. The number of allylic oxidation sites excluding steroid dienone is 1. The Morgan fingerprint density at radius 3 is 2.23 bits per heavy atom. The maximum atomic E-state index is 12.4. The van der Waals surface area contributed by atoms with Gasteiger partial charge in [0.2, 0.25) is 11.6 Å². The maximum Gasteiger partial charge on any atom is 0.233 e. The molecule has 3 rings (SSSR count). The summed E-state index contributed by atoms with van der Waals surface area (Å²) in [6.45, 7) is 0. The Hall–Kier alpha value is -3.00. The number of fused-ring (bicyclic) bond motifs is 1. The summed E-state index contributed by atoms with van der Waals surface area (Å²) >= 11 is 0. The zero-order chi connectivity index (χ0) is 15.4. The van der Waals surface area contributed by atoms with E-state index in [2.05, 4.69) is 0 Å². The van der Waals surface area contributed by atoms with Crippen LogP contribution in [0.2, 0.25) is 0 Å². The SMILES string of the molecule is O=C(/C=C/c1ccccc1)C(=O)c1cccc2ccccc12. The summed E-state index contributed by atoms with van der Waals surface area (Å²) in [5.41, 5.74) is 1.34. The first-order chi connectivity index (χ1) is 10.8.